The van der Waals surface area contributed by atoms with Gasteiger partial charge in [0.2, 0.25) is 0 Å². The summed E-state index contributed by atoms with van der Waals surface area (Å²) in [4.78, 5) is 7.36. The number of nitrogens with two attached hydrogens (primary N) is 1. The van der Waals surface area contributed by atoms with Gasteiger partial charge in [-0.05, 0) is 30.2 Å². The van der Waals surface area contributed by atoms with Crippen LogP contribution in [0.15, 0.2) is 24.4 Å². The number of hydrogen-bond donors (Lipinski definition) is 2. The Morgan fingerprint density at radius 2 is 2.00 bits per heavy atom. The van der Waals surface area contributed by atoms with Crippen LogP contribution in [0, 0.1) is 17.0 Å². The molecule has 3 nitrogen and oxygen atoms in total. The lowest BCUT2D eigenvalue weighted by molar-refractivity contribution is 0.369. The number of halogens is 2. The highest BCUT2D eigenvalue weighted by molar-refractivity contribution is 5.58. The second-order valence-electron chi connectivity index (χ2n) is 5.42. The lowest BCUT2D eigenvalue weighted by Gasteiger charge is -2.20. The summed E-state index contributed by atoms with van der Waals surface area (Å²) in [5, 5.41) is 0. The van der Waals surface area contributed by atoms with Gasteiger partial charge < -0.3 is 10.7 Å². The van der Waals surface area contributed by atoms with E-state index in [1.165, 1.54) is 6.07 Å². The van der Waals surface area contributed by atoms with E-state index in [1.807, 2.05) is 13.8 Å². The van der Waals surface area contributed by atoms with Crippen molar-refractivity contribution < 1.29 is 8.78 Å². The lowest BCUT2D eigenvalue weighted by atomic mass is 9.89. The van der Waals surface area contributed by atoms with Gasteiger partial charge in [-0.1, -0.05) is 13.8 Å². The van der Waals surface area contributed by atoms with Crippen LogP contribution in [0.3, 0.4) is 0 Å². The molecule has 0 amide bonds. The van der Waals surface area contributed by atoms with Crippen LogP contribution in [0.4, 0.5) is 8.78 Å². The number of benzene rings is 1. The zero-order valence-corrected chi connectivity index (χ0v) is 11.0. The third kappa shape index (κ3) is 3.17. The van der Waals surface area contributed by atoms with Crippen molar-refractivity contribution in [3.05, 3.63) is 41.9 Å². The molecule has 2 rings (SSSR count). The van der Waals surface area contributed by atoms with E-state index in [0.717, 1.165) is 18.0 Å². The Labute approximate surface area is 110 Å². The zero-order chi connectivity index (χ0) is 14.0. The van der Waals surface area contributed by atoms with Gasteiger partial charge in [-0.3, -0.25) is 0 Å². The van der Waals surface area contributed by atoms with Crippen molar-refractivity contribution >= 4 is 0 Å². The Kier molecular flexibility index (Phi) is 3.66. The van der Waals surface area contributed by atoms with Crippen molar-refractivity contribution in [2.75, 3.05) is 6.54 Å². The first-order valence-electron chi connectivity index (χ1n) is 6.11. The maximum absolute atomic E-state index is 13.2. The number of H-pyrrole nitrogens is 1. The third-order valence-corrected chi connectivity index (χ3v) is 3.06. The Bertz CT molecular complexity index is 576. The molecule has 0 atom stereocenters. The van der Waals surface area contributed by atoms with Crippen molar-refractivity contribution in [2.45, 2.75) is 20.3 Å². The molecule has 2 aromatic rings. The Hall–Kier alpha value is -1.75. The maximum atomic E-state index is 13.2. The summed E-state index contributed by atoms with van der Waals surface area (Å²) >= 11 is 0. The normalized spacial score (nSPS) is 11.8. The molecule has 0 fully saturated rings. The van der Waals surface area contributed by atoms with Crippen LogP contribution in [0.1, 0.15) is 19.7 Å². The first kappa shape index (κ1) is 13.7. The van der Waals surface area contributed by atoms with Gasteiger partial charge in [0.1, 0.15) is 5.82 Å². The van der Waals surface area contributed by atoms with Gasteiger partial charge in [-0.2, -0.15) is 0 Å². The molecular formula is C14H17F2N3. The van der Waals surface area contributed by atoms with Crippen LogP contribution in [0.2, 0.25) is 0 Å². The number of aromatic amines is 1. The second kappa shape index (κ2) is 5.09. The molecule has 0 saturated carbocycles. The lowest BCUT2D eigenvalue weighted by Crippen LogP contribution is -2.26. The smallest absolute Gasteiger partial charge is 0.159 e. The minimum atomic E-state index is -0.865. The summed E-state index contributed by atoms with van der Waals surface area (Å²) in [5.41, 5.74) is 6.86. The molecule has 0 unspecified atom stereocenters. The average Bonchev–Trinajstić information content (AvgIpc) is 2.80. The minimum Gasteiger partial charge on any atom is -0.342 e. The predicted molar refractivity (Wildman–Crippen MR) is 70.5 cm³/mol. The topological polar surface area (TPSA) is 54.7 Å². The van der Waals surface area contributed by atoms with Gasteiger partial charge in [-0.25, -0.2) is 13.8 Å². The van der Waals surface area contributed by atoms with Gasteiger partial charge in [0.25, 0.3) is 0 Å². The van der Waals surface area contributed by atoms with E-state index in [0.29, 0.717) is 24.2 Å². The summed E-state index contributed by atoms with van der Waals surface area (Å²) in [7, 11) is 0. The summed E-state index contributed by atoms with van der Waals surface area (Å²) < 4.78 is 26.0. The summed E-state index contributed by atoms with van der Waals surface area (Å²) in [6.45, 7) is 4.65. The van der Waals surface area contributed by atoms with Crippen LogP contribution < -0.4 is 5.73 Å². The first-order chi connectivity index (χ1) is 8.91. The summed E-state index contributed by atoms with van der Waals surface area (Å²) in [6.07, 6.45) is 2.32. The number of nitrogens with zero attached hydrogens (tertiary/aromatic N) is 1. The van der Waals surface area contributed by atoms with Crippen LogP contribution in [-0.4, -0.2) is 16.5 Å². The van der Waals surface area contributed by atoms with Crippen molar-refractivity contribution in [3.63, 3.8) is 0 Å². The van der Waals surface area contributed by atoms with Crippen LogP contribution in [-0.2, 0) is 6.42 Å². The molecular weight excluding hydrogens is 248 g/mol. The monoisotopic (exact) mass is 265 g/mol. The van der Waals surface area contributed by atoms with Crippen molar-refractivity contribution in [2.24, 2.45) is 11.1 Å². The number of nitrogens with one attached hydrogen (secondary N) is 1. The fourth-order valence-electron chi connectivity index (χ4n) is 1.79. The highest BCUT2D eigenvalue weighted by Gasteiger charge is 2.18. The number of imidazole rings is 1. The van der Waals surface area contributed by atoms with Gasteiger partial charge in [-0.15, -0.1) is 0 Å². The predicted octanol–water partition coefficient (Wildman–Crippen LogP) is 2.88. The molecule has 1 aromatic carbocycles. The average molecular weight is 265 g/mol. The van der Waals surface area contributed by atoms with E-state index in [2.05, 4.69) is 9.97 Å². The second-order valence-corrected chi connectivity index (χ2v) is 5.42. The van der Waals surface area contributed by atoms with Crippen LogP contribution in [0.25, 0.3) is 11.3 Å². The summed E-state index contributed by atoms with van der Waals surface area (Å²) in [5.74, 6) is -0.932. The molecule has 102 valence electrons. The SMILES string of the molecule is CC(C)(CN)Cc1ncc(-c2ccc(F)c(F)c2)[nH]1. The third-order valence-electron chi connectivity index (χ3n) is 3.06. The maximum Gasteiger partial charge on any atom is 0.159 e. The number of aromatic nitrogens is 2. The van der Waals surface area contributed by atoms with E-state index in [4.69, 9.17) is 5.73 Å². The molecule has 5 heteroatoms. The fourth-order valence-corrected chi connectivity index (χ4v) is 1.79. The van der Waals surface area contributed by atoms with E-state index >= 15 is 0 Å². The molecule has 0 saturated heterocycles. The van der Waals surface area contributed by atoms with Crippen LogP contribution in [0.5, 0.6) is 0 Å². The zero-order valence-electron chi connectivity index (χ0n) is 11.0. The molecule has 0 aliphatic carbocycles. The van der Waals surface area contributed by atoms with Crippen molar-refractivity contribution in [1.82, 2.24) is 9.97 Å². The van der Waals surface area contributed by atoms with E-state index in [-0.39, 0.29) is 5.41 Å². The highest BCUT2D eigenvalue weighted by Crippen LogP contribution is 2.23. The Balaban J connectivity index is 2.23. The Morgan fingerprint density at radius 1 is 1.26 bits per heavy atom. The largest absolute Gasteiger partial charge is 0.342 e. The molecule has 19 heavy (non-hydrogen) atoms. The number of rotatable bonds is 4. The molecule has 0 spiro atoms. The number of hydrogen-bond acceptors (Lipinski definition) is 2. The van der Waals surface area contributed by atoms with E-state index in [9.17, 15) is 8.78 Å². The van der Waals surface area contributed by atoms with Crippen molar-refractivity contribution in [3.8, 4) is 11.3 Å². The molecule has 1 aromatic heterocycles. The molecule has 1 heterocycles. The van der Waals surface area contributed by atoms with Gasteiger partial charge in [0, 0.05) is 12.0 Å². The molecule has 0 aliphatic rings. The summed E-state index contributed by atoms with van der Waals surface area (Å²) in [6, 6.07) is 3.78. The van der Waals surface area contributed by atoms with Crippen LogP contribution >= 0.6 is 0 Å². The Morgan fingerprint density at radius 3 is 2.63 bits per heavy atom. The molecule has 3 N–H and O–H groups in total. The van der Waals surface area contributed by atoms with Crippen molar-refractivity contribution in [1.29, 1.82) is 0 Å². The molecule has 0 bridgehead atoms. The van der Waals surface area contributed by atoms with E-state index in [1.54, 1.807) is 6.20 Å². The van der Waals surface area contributed by atoms with E-state index < -0.39 is 11.6 Å². The van der Waals surface area contributed by atoms with Gasteiger partial charge in [0.15, 0.2) is 11.6 Å². The fraction of sp³-hybridized carbons (Fsp3) is 0.357. The molecule has 0 radical (unpaired) electrons. The van der Waals surface area contributed by atoms with Gasteiger partial charge in [0.05, 0.1) is 11.9 Å². The standard InChI is InChI=1S/C14H17F2N3/c1-14(2,8-17)6-13-18-7-12(19-13)9-3-4-10(15)11(16)5-9/h3-5,7H,6,8,17H2,1-2H3,(H,18,19). The first-order valence-corrected chi connectivity index (χ1v) is 6.11. The minimum absolute atomic E-state index is 0.0524. The quantitative estimate of drug-likeness (QED) is 0.893. The molecule has 0 aliphatic heterocycles. The van der Waals surface area contributed by atoms with Gasteiger partial charge >= 0.3 is 0 Å². The highest BCUT2D eigenvalue weighted by atomic mass is 19.2.